The van der Waals surface area contributed by atoms with Gasteiger partial charge in [0.2, 0.25) is 11.8 Å². The van der Waals surface area contributed by atoms with Crippen molar-refractivity contribution in [2.24, 2.45) is 0 Å². The molecule has 0 saturated carbocycles. The van der Waals surface area contributed by atoms with E-state index in [1.165, 1.54) is 36.3 Å². The third-order valence-corrected chi connectivity index (χ3v) is 6.42. The molecule has 13 heteroatoms. The summed E-state index contributed by atoms with van der Waals surface area (Å²) in [5.74, 6) is -0.0232. The van der Waals surface area contributed by atoms with E-state index >= 15 is 0 Å². The average molecular weight is 505 g/mol. The van der Waals surface area contributed by atoms with E-state index in [4.69, 9.17) is 4.74 Å². The van der Waals surface area contributed by atoms with E-state index < -0.39 is 30.2 Å². The molecule has 2 aliphatic heterocycles. The first-order chi connectivity index (χ1) is 17.3. The zero-order chi connectivity index (χ0) is 25.7. The van der Waals surface area contributed by atoms with E-state index in [9.17, 15) is 18.4 Å². The fourth-order valence-corrected chi connectivity index (χ4v) is 4.23. The van der Waals surface area contributed by atoms with E-state index in [0.717, 1.165) is 32.1 Å². The Kier molecular flexibility index (Phi) is 8.08. The third-order valence-electron chi connectivity index (χ3n) is 6.42. The number of likely N-dealkylation sites (tertiary alicyclic amines) is 1. The molecule has 194 valence electrons. The number of nitrogens with one attached hydrogen (secondary N) is 2. The fraction of sp³-hybridized carbons (Fsp3) is 0.522. The van der Waals surface area contributed by atoms with Gasteiger partial charge in [0, 0.05) is 38.4 Å². The van der Waals surface area contributed by atoms with Crippen molar-refractivity contribution in [3.63, 3.8) is 0 Å². The van der Waals surface area contributed by atoms with Crippen LogP contribution in [-0.2, 0) is 0 Å². The number of nitrogens with zero attached hydrogens (tertiary/aromatic N) is 6. The van der Waals surface area contributed by atoms with Gasteiger partial charge in [0.15, 0.2) is 0 Å². The molecule has 2 fully saturated rings. The Morgan fingerprint density at radius 1 is 1.14 bits per heavy atom. The number of anilines is 2. The Balaban J connectivity index is 1.35. The summed E-state index contributed by atoms with van der Waals surface area (Å²) in [5, 5.41) is 5.40. The minimum atomic E-state index is -1.27. The second-order valence-electron chi connectivity index (χ2n) is 9.03. The van der Waals surface area contributed by atoms with Crippen LogP contribution in [0.25, 0.3) is 0 Å². The van der Waals surface area contributed by atoms with Crippen molar-refractivity contribution >= 4 is 23.9 Å². The van der Waals surface area contributed by atoms with Gasteiger partial charge in [0.25, 0.3) is 0 Å². The molecule has 2 saturated heterocycles. The van der Waals surface area contributed by atoms with Gasteiger partial charge in [-0.15, -0.1) is 0 Å². The van der Waals surface area contributed by atoms with Crippen LogP contribution in [0.1, 0.15) is 19.3 Å². The smallest absolute Gasteiger partial charge is 0.391 e. The zero-order valence-corrected chi connectivity index (χ0v) is 20.2. The van der Waals surface area contributed by atoms with E-state index in [2.05, 4.69) is 30.5 Å². The normalized spacial score (nSPS) is 21.1. The number of hydrogen-bond donors (Lipinski definition) is 2. The maximum Gasteiger partial charge on any atom is 0.414 e. The Labute approximate surface area is 207 Å². The molecule has 0 unspecified atom stereocenters. The van der Waals surface area contributed by atoms with Gasteiger partial charge >= 0.3 is 12.1 Å². The summed E-state index contributed by atoms with van der Waals surface area (Å²) in [5.41, 5.74) is 0. The molecule has 3 amide bonds. The van der Waals surface area contributed by atoms with Crippen LogP contribution in [0, 0.1) is 5.82 Å². The number of carbonyl (C=O) groups excluding carboxylic acids is 2. The number of pyridine rings is 1. The van der Waals surface area contributed by atoms with Crippen LogP contribution in [0.2, 0.25) is 0 Å². The maximum absolute atomic E-state index is 14.8. The molecule has 2 aromatic heterocycles. The molecule has 2 aromatic rings. The highest BCUT2D eigenvalue weighted by Crippen LogP contribution is 2.23. The zero-order valence-electron chi connectivity index (χ0n) is 20.2. The minimum absolute atomic E-state index is 0.0474. The molecular formula is C23H30F2N8O3. The molecule has 0 spiro atoms. The topological polar surface area (TPSA) is 116 Å². The summed E-state index contributed by atoms with van der Waals surface area (Å²) < 4.78 is 33.2. The lowest BCUT2D eigenvalue weighted by atomic mass is 10.0. The second kappa shape index (κ2) is 11.4. The van der Waals surface area contributed by atoms with Gasteiger partial charge in [-0.25, -0.2) is 28.3 Å². The lowest BCUT2D eigenvalue weighted by Crippen LogP contribution is -2.55. The van der Waals surface area contributed by atoms with Crippen LogP contribution in [0.5, 0.6) is 5.88 Å². The number of aromatic nitrogens is 3. The van der Waals surface area contributed by atoms with Gasteiger partial charge in [-0.3, -0.25) is 5.32 Å². The summed E-state index contributed by atoms with van der Waals surface area (Å²) in [6.07, 6.45) is 2.45. The Morgan fingerprint density at radius 3 is 2.64 bits per heavy atom. The molecule has 2 atom stereocenters. The Morgan fingerprint density at radius 2 is 1.92 bits per heavy atom. The van der Waals surface area contributed by atoms with Crippen LogP contribution in [0.3, 0.4) is 0 Å². The van der Waals surface area contributed by atoms with Gasteiger partial charge in [-0.1, -0.05) is 0 Å². The SMILES string of the molecule is CN1CCC(NC(=O)Oc2ccnc(N3CC[C@@H](F)[C@@H](N(C)C(=O)Nc4ccc(F)cn4)C3)n2)CC1. The van der Waals surface area contributed by atoms with Crippen LogP contribution in [-0.4, -0.2) is 95.4 Å². The van der Waals surface area contributed by atoms with E-state index in [1.807, 2.05) is 7.05 Å². The number of urea groups is 1. The lowest BCUT2D eigenvalue weighted by molar-refractivity contribution is 0.133. The standard InChI is InChI=1S/C23H30F2N8O3/c1-31-10-6-16(7-11-31)28-23(35)36-20-5-9-26-21(30-20)33-12-8-17(25)18(14-33)32(2)22(34)29-19-4-3-15(24)13-27-19/h3-5,9,13,16-18H,6-8,10-12,14H2,1-2H3,(H,28,35)(H,27,29,34)/t17-,18+/m1/s1. The van der Waals surface area contributed by atoms with Gasteiger partial charge < -0.3 is 24.8 Å². The van der Waals surface area contributed by atoms with E-state index in [-0.39, 0.29) is 36.7 Å². The summed E-state index contributed by atoms with van der Waals surface area (Å²) in [6.45, 7) is 2.27. The van der Waals surface area contributed by atoms with Crippen molar-refractivity contribution in [1.82, 2.24) is 30.1 Å². The summed E-state index contributed by atoms with van der Waals surface area (Å²) in [4.78, 5) is 42.5. The quantitative estimate of drug-likeness (QED) is 0.637. The maximum atomic E-state index is 14.8. The van der Waals surface area contributed by atoms with Gasteiger partial charge in [-0.2, -0.15) is 4.98 Å². The van der Waals surface area contributed by atoms with Crippen molar-refractivity contribution in [1.29, 1.82) is 0 Å². The van der Waals surface area contributed by atoms with Crippen molar-refractivity contribution in [3.05, 3.63) is 36.4 Å². The van der Waals surface area contributed by atoms with Crippen molar-refractivity contribution in [3.8, 4) is 5.88 Å². The van der Waals surface area contributed by atoms with Crippen molar-refractivity contribution < 1.29 is 23.1 Å². The number of halogens is 2. The molecule has 36 heavy (non-hydrogen) atoms. The predicted molar refractivity (Wildman–Crippen MR) is 128 cm³/mol. The predicted octanol–water partition coefficient (Wildman–Crippen LogP) is 2.27. The monoisotopic (exact) mass is 504 g/mol. The van der Waals surface area contributed by atoms with Crippen LogP contribution in [0.4, 0.5) is 30.1 Å². The van der Waals surface area contributed by atoms with E-state index in [1.54, 1.807) is 4.90 Å². The van der Waals surface area contributed by atoms with Crippen LogP contribution in [0.15, 0.2) is 30.6 Å². The number of hydrogen-bond acceptors (Lipinski definition) is 8. The number of alkyl halides is 1. The van der Waals surface area contributed by atoms with Crippen molar-refractivity contribution in [2.75, 3.05) is 50.5 Å². The highest BCUT2D eigenvalue weighted by atomic mass is 19.1. The van der Waals surface area contributed by atoms with Gasteiger partial charge in [0.05, 0.1) is 12.2 Å². The molecule has 2 aliphatic rings. The average Bonchev–Trinajstić information content (AvgIpc) is 2.87. The Hall–Kier alpha value is -3.61. The largest absolute Gasteiger partial charge is 0.414 e. The second-order valence-corrected chi connectivity index (χ2v) is 9.03. The number of rotatable bonds is 5. The first-order valence-corrected chi connectivity index (χ1v) is 11.8. The molecule has 0 bridgehead atoms. The number of carbonyl (C=O) groups is 2. The Bertz CT molecular complexity index is 1050. The molecule has 11 nitrogen and oxygen atoms in total. The van der Waals surface area contributed by atoms with Crippen LogP contribution >= 0.6 is 0 Å². The number of amides is 3. The number of piperidine rings is 2. The van der Waals surface area contributed by atoms with Gasteiger partial charge in [-0.05, 0) is 51.5 Å². The molecule has 0 aromatic carbocycles. The number of ether oxygens (including phenoxy) is 1. The first kappa shape index (κ1) is 25.5. The van der Waals surface area contributed by atoms with Gasteiger partial charge in [0.1, 0.15) is 17.8 Å². The number of likely N-dealkylation sites (N-methyl/N-ethyl adjacent to an activating group) is 1. The fourth-order valence-electron chi connectivity index (χ4n) is 4.23. The molecule has 0 radical (unpaired) electrons. The molecule has 2 N–H and O–H groups in total. The van der Waals surface area contributed by atoms with Crippen LogP contribution < -0.4 is 20.3 Å². The lowest BCUT2D eigenvalue weighted by Gasteiger charge is -2.39. The highest BCUT2D eigenvalue weighted by Gasteiger charge is 2.35. The molecule has 4 heterocycles. The molecule has 4 rings (SSSR count). The minimum Gasteiger partial charge on any atom is -0.391 e. The van der Waals surface area contributed by atoms with E-state index in [0.29, 0.717) is 6.54 Å². The summed E-state index contributed by atoms with van der Waals surface area (Å²) in [6, 6.07) is 2.65. The summed E-state index contributed by atoms with van der Waals surface area (Å²) in [7, 11) is 3.52. The van der Waals surface area contributed by atoms with Crippen molar-refractivity contribution in [2.45, 2.75) is 37.5 Å². The summed E-state index contributed by atoms with van der Waals surface area (Å²) >= 11 is 0. The molecular weight excluding hydrogens is 474 g/mol. The first-order valence-electron chi connectivity index (χ1n) is 11.8. The molecule has 0 aliphatic carbocycles. The highest BCUT2D eigenvalue weighted by molar-refractivity contribution is 5.88. The third kappa shape index (κ3) is 6.53.